The Balaban J connectivity index is 2.30. The lowest BCUT2D eigenvalue weighted by atomic mass is 9.95. The average molecular weight is 248 g/mol. The van der Waals surface area contributed by atoms with Crippen molar-refractivity contribution >= 4 is 22.7 Å². The lowest BCUT2D eigenvalue weighted by Crippen LogP contribution is -2.04. The van der Waals surface area contributed by atoms with Crippen LogP contribution in [0.15, 0.2) is 22.9 Å². The maximum atomic E-state index is 9.11. The number of aromatic nitrogens is 1. The second-order valence-electron chi connectivity index (χ2n) is 3.91. The van der Waals surface area contributed by atoms with Gasteiger partial charge in [0, 0.05) is 5.38 Å². The molecule has 0 saturated heterocycles. The van der Waals surface area contributed by atoms with Crippen molar-refractivity contribution in [2.75, 3.05) is 0 Å². The van der Waals surface area contributed by atoms with Crippen molar-refractivity contribution in [1.82, 2.24) is 4.98 Å². The fourth-order valence-electron chi connectivity index (χ4n) is 1.50. The Kier molecular flexibility index (Phi) is 3.37. The lowest BCUT2D eigenvalue weighted by molar-refractivity contribution is 0.578. The molecule has 2 nitrogen and oxygen atoms in total. The Labute approximate surface area is 103 Å². The molecule has 2 aromatic rings. The van der Waals surface area contributed by atoms with E-state index >= 15 is 0 Å². The summed E-state index contributed by atoms with van der Waals surface area (Å²) < 4.78 is 0. The van der Waals surface area contributed by atoms with Crippen molar-refractivity contribution in [3.8, 4) is 16.0 Å². The summed E-state index contributed by atoms with van der Waals surface area (Å²) in [4.78, 5) is 5.73. The summed E-state index contributed by atoms with van der Waals surface area (Å²) in [7, 11) is 0. The van der Waals surface area contributed by atoms with E-state index in [0.717, 1.165) is 10.7 Å². The van der Waals surface area contributed by atoms with Crippen molar-refractivity contribution in [1.29, 1.82) is 5.26 Å². The molecule has 0 N–H and O–H groups in total. The van der Waals surface area contributed by atoms with E-state index in [0.29, 0.717) is 5.92 Å². The minimum atomic E-state index is -0.0926. The van der Waals surface area contributed by atoms with Crippen molar-refractivity contribution in [2.24, 2.45) is 5.92 Å². The first-order chi connectivity index (χ1) is 7.72. The smallest absolute Gasteiger partial charge is 0.133 e. The monoisotopic (exact) mass is 248 g/mol. The van der Waals surface area contributed by atoms with Crippen LogP contribution in [0.2, 0.25) is 0 Å². The van der Waals surface area contributed by atoms with Gasteiger partial charge in [-0.15, -0.1) is 22.7 Å². The van der Waals surface area contributed by atoms with Crippen LogP contribution in [0.25, 0.3) is 9.88 Å². The molecule has 2 rings (SSSR count). The number of hydrogen-bond acceptors (Lipinski definition) is 4. The molecule has 0 bridgehead atoms. The van der Waals surface area contributed by atoms with Gasteiger partial charge in [-0.05, 0) is 17.4 Å². The summed E-state index contributed by atoms with van der Waals surface area (Å²) in [6.45, 7) is 4.11. The van der Waals surface area contributed by atoms with Crippen molar-refractivity contribution in [3.63, 3.8) is 0 Å². The minimum Gasteiger partial charge on any atom is -0.239 e. The largest absolute Gasteiger partial charge is 0.239 e. The van der Waals surface area contributed by atoms with E-state index in [-0.39, 0.29) is 5.92 Å². The summed E-state index contributed by atoms with van der Waals surface area (Å²) in [5.74, 6) is 0.216. The second-order valence-corrected chi connectivity index (χ2v) is 5.71. The minimum absolute atomic E-state index is 0.0926. The van der Waals surface area contributed by atoms with Crippen molar-refractivity contribution in [3.05, 3.63) is 28.6 Å². The molecule has 0 radical (unpaired) electrons. The van der Waals surface area contributed by atoms with E-state index in [1.54, 1.807) is 22.7 Å². The molecule has 82 valence electrons. The van der Waals surface area contributed by atoms with E-state index < -0.39 is 0 Å². The van der Waals surface area contributed by atoms with Gasteiger partial charge >= 0.3 is 0 Å². The molecule has 1 atom stereocenters. The zero-order valence-corrected chi connectivity index (χ0v) is 10.8. The third kappa shape index (κ3) is 2.16. The van der Waals surface area contributed by atoms with Gasteiger partial charge in [-0.25, -0.2) is 4.98 Å². The fraction of sp³-hybridized carbons (Fsp3) is 0.333. The lowest BCUT2D eigenvalue weighted by Gasteiger charge is -2.08. The molecule has 16 heavy (non-hydrogen) atoms. The molecule has 4 heteroatoms. The third-order valence-electron chi connectivity index (χ3n) is 2.38. The molecule has 0 saturated carbocycles. The molecular formula is C12H12N2S2. The quantitative estimate of drug-likeness (QED) is 0.818. The normalized spacial score (nSPS) is 12.6. The van der Waals surface area contributed by atoms with Gasteiger partial charge < -0.3 is 0 Å². The number of nitriles is 1. The average Bonchev–Trinajstić information content (AvgIpc) is 2.86. The Morgan fingerprint density at radius 2 is 2.19 bits per heavy atom. The number of thiophene rings is 1. The van der Waals surface area contributed by atoms with Gasteiger partial charge in [-0.2, -0.15) is 5.26 Å². The summed E-state index contributed by atoms with van der Waals surface area (Å²) in [6.07, 6.45) is 0. The van der Waals surface area contributed by atoms with Crippen LogP contribution in [0.5, 0.6) is 0 Å². The Hall–Kier alpha value is -1.18. The molecule has 2 heterocycles. The summed E-state index contributed by atoms with van der Waals surface area (Å²) in [5, 5.41) is 14.2. The van der Waals surface area contributed by atoms with Crippen LogP contribution in [-0.2, 0) is 0 Å². The Morgan fingerprint density at radius 3 is 2.75 bits per heavy atom. The molecule has 0 fully saturated rings. The zero-order valence-electron chi connectivity index (χ0n) is 9.18. The molecular weight excluding hydrogens is 236 g/mol. The SMILES string of the molecule is CC(C)C(C#N)c1csc(-c2cccs2)n1. The highest BCUT2D eigenvalue weighted by molar-refractivity contribution is 7.20. The number of rotatable bonds is 3. The van der Waals surface area contributed by atoms with Gasteiger partial charge in [-0.1, -0.05) is 19.9 Å². The predicted octanol–water partition coefficient (Wildman–Crippen LogP) is 4.13. The molecule has 0 aliphatic carbocycles. The van der Waals surface area contributed by atoms with Gasteiger partial charge in [0.2, 0.25) is 0 Å². The molecule has 2 aromatic heterocycles. The van der Waals surface area contributed by atoms with Gasteiger partial charge in [-0.3, -0.25) is 0 Å². The van der Waals surface area contributed by atoms with Crippen molar-refractivity contribution < 1.29 is 0 Å². The number of nitrogens with zero attached hydrogens (tertiary/aromatic N) is 2. The maximum absolute atomic E-state index is 9.11. The van der Waals surface area contributed by atoms with Gasteiger partial charge in [0.05, 0.1) is 22.6 Å². The molecule has 1 unspecified atom stereocenters. The topological polar surface area (TPSA) is 36.7 Å². The number of hydrogen-bond donors (Lipinski definition) is 0. The molecule has 0 aliphatic heterocycles. The van der Waals surface area contributed by atoms with E-state index in [2.05, 4.69) is 31.0 Å². The van der Waals surface area contributed by atoms with E-state index in [1.165, 1.54) is 4.88 Å². The third-order valence-corrected chi connectivity index (χ3v) is 4.28. The van der Waals surface area contributed by atoms with E-state index in [1.807, 2.05) is 16.8 Å². The first-order valence-electron chi connectivity index (χ1n) is 5.11. The summed E-state index contributed by atoms with van der Waals surface area (Å²) in [6, 6.07) is 6.40. The van der Waals surface area contributed by atoms with Gasteiger partial charge in [0.1, 0.15) is 5.01 Å². The van der Waals surface area contributed by atoms with Gasteiger partial charge in [0.25, 0.3) is 0 Å². The van der Waals surface area contributed by atoms with Crippen LogP contribution in [0.4, 0.5) is 0 Å². The highest BCUT2D eigenvalue weighted by Gasteiger charge is 2.18. The predicted molar refractivity (Wildman–Crippen MR) is 68.6 cm³/mol. The van der Waals surface area contributed by atoms with Crippen molar-refractivity contribution in [2.45, 2.75) is 19.8 Å². The molecule has 0 amide bonds. The van der Waals surface area contributed by atoms with Crippen LogP contribution >= 0.6 is 22.7 Å². The first kappa shape index (κ1) is 11.3. The fourth-order valence-corrected chi connectivity index (χ4v) is 3.17. The highest BCUT2D eigenvalue weighted by atomic mass is 32.1. The summed E-state index contributed by atoms with van der Waals surface area (Å²) >= 11 is 3.30. The van der Waals surface area contributed by atoms with Crippen LogP contribution in [0, 0.1) is 17.2 Å². The zero-order chi connectivity index (χ0) is 11.5. The molecule has 0 aromatic carbocycles. The first-order valence-corrected chi connectivity index (χ1v) is 6.87. The molecule has 0 spiro atoms. The Morgan fingerprint density at radius 1 is 1.38 bits per heavy atom. The number of thiazole rings is 1. The summed E-state index contributed by atoms with van der Waals surface area (Å²) in [5.41, 5.74) is 0.908. The highest BCUT2D eigenvalue weighted by Crippen LogP contribution is 2.32. The van der Waals surface area contributed by atoms with Crippen LogP contribution in [0.3, 0.4) is 0 Å². The van der Waals surface area contributed by atoms with Crippen LogP contribution < -0.4 is 0 Å². The Bertz CT molecular complexity index is 491. The second kappa shape index (κ2) is 4.77. The van der Waals surface area contributed by atoms with E-state index in [9.17, 15) is 0 Å². The van der Waals surface area contributed by atoms with Crippen LogP contribution in [0.1, 0.15) is 25.5 Å². The standard InChI is InChI=1S/C12H12N2S2/c1-8(2)9(6-13)10-7-16-12(14-10)11-4-3-5-15-11/h3-5,7-9H,1-2H3. The van der Waals surface area contributed by atoms with Crippen LogP contribution in [-0.4, -0.2) is 4.98 Å². The maximum Gasteiger partial charge on any atom is 0.133 e. The molecule has 0 aliphatic rings. The van der Waals surface area contributed by atoms with Gasteiger partial charge in [0.15, 0.2) is 0 Å². The van der Waals surface area contributed by atoms with E-state index in [4.69, 9.17) is 5.26 Å².